The summed E-state index contributed by atoms with van der Waals surface area (Å²) in [5, 5.41) is 3.07. The van der Waals surface area contributed by atoms with Gasteiger partial charge in [0.15, 0.2) is 0 Å². The number of carbonyl (C=O) groups is 1. The van der Waals surface area contributed by atoms with Crippen molar-refractivity contribution in [2.75, 3.05) is 20.6 Å². The molecule has 0 saturated heterocycles. The maximum atomic E-state index is 11.4. The highest BCUT2D eigenvalue weighted by Gasteiger charge is 2.13. The molecule has 13 heavy (non-hydrogen) atoms. The Morgan fingerprint density at radius 2 is 2.15 bits per heavy atom. The highest BCUT2D eigenvalue weighted by Crippen LogP contribution is 1.95. The van der Waals surface area contributed by atoms with E-state index < -0.39 is 0 Å². The van der Waals surface area contributed by atoms with Crippen molar-refractivity contribution in [1.82, 2.24) is 10.2 Å². The van der Waals surface area contributed by atoms with Crippen molar-refractivity contribution in [3.8, 4) is 0 Å². The fourth-order valence-electron chi connectivity index (χ4n) is 0.827. The molecule has 0 radical (unpaired) electrons. The van der Waals surface area contributed by atoms with E-state index in [1.54, 1.807) is 19.0 Å². The molecule has 0 aromatic carbocycles. The Morgan fingerprint density at radius 1 is 1.62 bits per heavy atom. The topological polar surface area (TPSA) is 32.3 Å². The molecule has 0 bridgehead atoms. The minimum atomic E-state index is -0.165. The van der Waals surface area contributed by atoms with Crippen molar-refractivity contribution in [1.29, 1.82) is 0 Å². The average molecular weight is 205 g/mol. The number of halogens is 1. The first-order valence-corrected chi connectivity index (χ1v) is 4.63. The van der Waals surface area contributed by atoms with Gasteiger partial charge in [-0.25, -0.2) is 0 Å². The van der Waals surface area contributed by atoms with Crippen molar-refractivity contribution >= 4 is 17.5 Å². The first-order chi connectivity index (χ1) is 5.99. The lowest BCUT2D eigenvalue weighted by atomic mass is 10.2. The third-order valence-electron chi connectivity index (χ3n) is 1.68. The van der Waals surface area contributed by atoms with Crippen molar-refractivity contribution in [3.63, 3.8) is 0 Å². The first kappa shape index (κ1) is 12.5. The Balaban J connectivity index is 3.88. The van der Waals surface area contributed by atoms with E-state index in [-0.39, 0.29) is 11.9 Å². The standard InChI is InChI=1S/C9H17ClN2O/c1-7(5-10)6-11-8(2)9(13)12(3)4/h5,8,11H,6H2,1-4H3. The molecular formula is C9H17ClN2O. The summed E-state index contributed by atoms with van der Waals surface area (Å²) in [7, 11) is 3.48. The number of hydrogen-bond donors (Lipinski definition) is 1. The molecule has 1 unspecified atom stereocenters. The molecule has 0 fully saturated rings. The molecule has 0 aliphatic carbocycles. The molecule has 1 N–H and O–H groups in total. The number of hydrogen-bond acceptors (Lipinski definition) is 2. The van der Waals surface area contributed by atoms with Crippen molar-refractivity contribution in [2.24, 2.45) is 0 Å². The van der Waals surface area contributed by atoms with E-state index in [1.165, 1.54) is 5.54 Å². The smallest absolute Gasteiger partial charge is 0.238 e. The lowest BCUT2D eigenvalue weighted by Crippen LogP contribution is -2.41. The zero-order valence-corrected chi connectivity index (χ0v) is 9.35. The third kappa shape index (κ3) is 4.90. The molecule has 1 atom stereocenters. The highest BCUT2D eigenvalue weighted by atomic mass is 35.5. The Labute approximate surface area is 84.7 Å². The van der Waals surface area contributed by atoms with Crippen LogP contribution in [-0.2, 0) is 4.79 Å². The Bertz CT molecular complexity index is 202. The van der Waals surface area contributed by atoms with Gasteiger partial charge in [0.05, 0.1) is 6.04 Å². The largest absolute Gasteiger partial charge is 0.347 e. The lowest BCUT2D eigenvalue weighted by molar-refractivity contribution is -0.130. The van der Waals surface area contributed by atoms with Gasteiger partial charge in [-0.1, -0.05) is 11.6 Å². The van der Waals surface area contributed by atoms with Gasteiger partial charge in [0, 0.05) is 26.2 Å². The van der Waals surface area contributed by atoms with Gasteiger partial charge >= 0.3 is 0 Å². The Kier molecular flexibility index (Phi) is 5.75. The predicted octanol–water partition coefficient (Wildman–Crippen LogP) is 1.20. The van der Waals surface area contributed by atoms with Crippen LogP contribution >= 0.6 is 11.6 Å². The summed E-state index contributed by atoms with van der Waals surface area (Å²) in [6.07, 6.45) is 0. The summed E-state index contributed by atoms with van der Waals surface area (Å²) in [4.78, 5) is 12.9. The van der Waals surface area contributed by atoms with Crippen molar-refractivity contribution in [2.45, 2.75) is 19.9 Å². The van der Waals surface area contributed by atoms with E-state index in [0.29, 0.717) is 6.54 Å². The number of nitrogens with zero attached hydrogens (tertiary/aromatic N) is 1. The van der Waals surface area contributed by atoms with Crippen LogP contribution < -0.4 is 5.32 Å². The van der Waals surface area contributed by atoms with Crippen LogP contribution in [0.1, 0.15) is 13.8 Å². The van der Waals surface area contributed by atoms with E-state index in [2.05, 4.69) is 5.32 Å². The van der Waals surface area contributed by atoms with Crippen LogP contribution in [0, 0.1) is 0 Å². The number of likely N-dealkylation sites (N-methyl/N-ethyl adjacent to an activating group) is 1. The Hall–Kier alpha value is -0.540. The van der Waals surface area contributed by atoms with Gasteiger partial charge in [-0.3, -0.25) is 4.79 Å². The van der Waals surface area contributed by atoms with Gasteiger partial charge in [-0.05, 0) is 19.4 Å². The quantitative estimate of drug-likeness (QED) is 0.747. The lowest BCUT2D eigenvalue weighted by Gasteiger charge is -2.17. The van der Waals surface area contributed by atoms with Crippen LogP contribution in [-0.4, -0.2) is 37.5 Å². The van der Waals surface area contributed by atoms with Crippen molar-refractivity contribution < 1.29 is 4.79 Å². The minimum absolute atomic E-state index is 0.0716. The maximum Gasteiger partial charge on any atom is 0.238 e. The number of nitrogens with one attached hydrogen (secondary N) is 1. The normalized spacial score (nSPS) is 14.1. The molecule has 0 aliphatic rings. The molecule has 0 aromatic rings. The zero-order valence-electron chi connectivity index (χ0n) is 8.60. The van der Waals surface area contributed by atoms with Crippen LogP contribution in [0.5, 0.6) is 0 Å². The first-order valence-electron chi connectivity index (χ1n) is 4.19. The van der Waals surface area contributed by atoms with Crippen molar-refractivity contribution in [3.05, 3.63) is 11.1 Å². The summed E-state index contributed by atoms with van der Waals surface area (Å²) >= 11 is 5.48. The van der Waals surface area contributed by atoms with Gasteiger partial charge in [0.25, 0.3) is 0 Å². The van der Waals surface area contributed by atoms with Crippen LogP contribution in [0.2, 0.25) is 0 Å². The van der Waals surface area contributed by atoms with Gasteiger partial charge < -0.3 is 10.2 Å². The van der Waals surface area contributed by atoms with Gasteiger partial charge in [-0.15, -0.1) is 0 Å². The summed E-state index contributed by atoms with van der Waals surface area (Å²) in [6.45, 7) is 4.39. The Morgan fingerprint density at radius 3 is 2.54 bits per heavy atom. The van der Waals surface area contributed by atoms with Crippen LogP contribution in [0.4, 0.5) is 0 Å². The minimum Gasteiger partial charge on any atom is -0.347 e. The second-order valence-electron chi connectivity index (χ2n) is 3.29. The molecule has 76 valence electrons. The van der Waals surface area contributed by atoms with Gasteiger partial charge in [0.2, 0.25) is 5.91 Å². The highest BCUT2D eigenvalue weighted by molar-refractivity contribution is 6.25. The molecule has 0 saturated carbocycles. The molecule has 1 amide bonds. The van der Waals surface area contributed by atoms with Crippen LogP contribution in [0.25, 0.3) is 0 Å². The molecule has 0 heterocycles. The van der Waals surface area contributed by atoms with E-state index >= 15 is 0 Å². The van der Waals surface area contributed by atoms with E-state index in [9.17, 15) is 4.79 Å². The van der Waals surface area contributed by atoms with Gasteiger partial charge in [0.1, 0.15) is 0 Å². The number of carbonyl (C=O) groups excluding carboxylic acids is 1. The fraction of sp³-hybridized carbons (Fsp3) is 0.667. The maximum absolute atomic E-state index is 11.4. The summed E-state index contributed by atoms with van der Waals surface area (Å²) in [5.41, 5.74) is 2.53. The summed E-state index contributed by atoms with van der Waals surface area (Å²) in [5.74, 6) is 0.0716. The molecule has 0 spiro atoms. The third-order valence-corrected chi connectivity index (χ3v) is 2.06. The van der Waals surface area contributed by atoms with Crippen LogP contribution in [0.3, 0.4) is 0 Å². The predicted molar refractivity (Wildman–Crippen MR) is 55.8 cm³/mol. The SMILES string of the molecule is CC(=CCl)CNC(C)C(=O)N(C)C. The number of amides is 1. The molecule has 0 aromatic heterocycles. The molecule has 0 aliphatic heterocycles. The average Bonchev–Trinajstić information content (AvgIpc) is 2.11. The monoisotopic (exact) mass is 204 g/mol. The fourth-order valence-corrected chi connectivity index (χ4v) is 0.904. The molecule has 0 rings (SSSR count). The van der Waals surface area contributed by atoms with Gasteiger partial charge in [-0.2, -0.15) is 0 Å². The molecule has 3 nitrogen and oxygen atoms in total. The summed E-state index contributed by atoms with van der Waals surface area (Å²) in [6, 6.07) is -0.165. The second kappa shape index (κ2) is 6.00. The van der Waals surface area contributed by atoms with E-state index in [1.807, 2.05) is 13.8 Å². The van der Waals surface area contributed by atoms with E-state index in [0.717, 1.165) is 5.57 Å². The molecular weight excluding hydrogens is 188 g/mol. The van der Waals surface area contributed by atoms with E-state index in [4.69, 9.17) is 11.6 Å². The second-order valence-corrected chi connectivity index (χ2v) is 3.51. The molecule has 4 heteroatoms. The zero-order chi connectivity index (χ0) is 10.4. The van der Waals surface area contributed by atoms with Crippen LogP contribution in [0.15, 0.2) is 11.1 Å². The number of rotatable bonds is 4. The summed E-state index contributed by atoms with van der Waals surface area (Å²) < 4.78 is 0.